The lowest BCUT2D eigenvalue weighted by molar-refractivity contribution is 0.212. The van der Waals surface area contributed by atoms with Crippen LogP contribution in [0.25, 0.3) is 0 Å². The van der Waals surface area contributed by atoms with Gasteiger partial charge in [-0.2, -0.15) is 0 Å². The fraction of sp³-hybridized carbons (Fsp3) is 0.571. The number of rotatable bonds is 3. The second-order valence-corrected chi connectivity index (χ2v) is 5.38. The van der Waals surface area contributed by atoms with Crippen LogP contribution in [-0.2, 0) is 6.42 Å². The van der Waals surface area contributed by atoms with Crippen molar-refractivity contribution in [1.29, 1.82) is 0 Å². The zero-order chi connectivity index (χ0) is 11.7. The van der Waals surface area contributed by atoms with Crippen LogP contribution >= 0.6 is 0 Å². The van der Waals surface area contributed by atoms with Crippen LogP contribution in [0.1, 0.15) is 25.3 Å². The molecular weight excluding hydrogens is 212 g/mol. The third-order valence-electron chi connectivity index (χ3n) is 3.80. The first-order valence-corrected chi connectivity index (χ1v) is 6.50. The van der Waals surface area contributed by atoms with E-state index in [4.69, 9.17) is 4.74 Å². The molecule has 1 unspecified atom stereocenters. The Morgan fingerprint density at radius 3 is 3.12 bits per heavy atom. The van der Waals surface area contributed by atoms with Crippen molar-refractivity contribution in [3.05, 3.63) is 23.8 Å². The Morgan fingerprint density at radius 2 is 2.29 bits per heavy atom. The van der Waals surface area contributed by atoms with Gasteiger partial charge in [0, 0.05) is 17.8 Å². The summed E-state index contributed by atoms with van der Waals surface area (Å²) in [6, 6.07) is 6.37. The van der Waals surface area contributed by atoms with Gasteiger partial charge < -0.3 is 15.4 Å². The molecule has 0 spiro atoms. The van der Waals surface area contributed by atoms with Crippen molar-refractivity contribution in [2.45, 2.75) is 31.7 Å². The number of benzene rings is 1. The maximum Gasteiger partial charge on any atom is 0.119 e. The summed E-state index contributed by atoms with van der Waals surface area (Å²) in [5, 5.41) is 6.88. The van der Waals surface area contributed by atoms with Gasteiger partial charge >= 0.3 is 0 Å². The van der Waals surface area contributed by atoms with Gasteiger partial charge in [0.1, 0.15) is 12.4 Å². The zero-order valence-electron chi connectivity index (χ0n) is 10.4. The molecule has 2 heterocycles. The second kappa shape index (κ2) is 4.22. The predicted octanol–water partition coefficient (Wildman–Crippen LogP) is 2.18. The van der Waals surface area contributed by atoms with Crippen LogP contribution in [0.2, 0.25) is 0 Å². The molecule has 3 heteroatoms. The van der Waals surface area contributed by atoms with E-state index in [0.29, 0.717) is 0 Å². The minimum Gasteiger partial charge on any atom is -0.492 e. The molecule has 0 saturated carbocycles. The van der Waals surface area contributed by atoms with E-state index in [1.54, 1.807) is 0 Å². The average Bonchev–Trinajstić information content (AvgIpc) is 2.95. The molecule has 17 heavy (non-hydrogen) atoms. The molecule has 0 amide bonds. The van der Waals surface area contributed by atoms with Crippen LogP contribution < -0.4 is 15.4 Å². The van der Waals surface area contributed by atoms with Gasteiger partial charge in [0.05, 0.1) is 0 Å². The Kier molecular flexibility index (Phi) is 2.71. The van der Waals surface area contributed by atoms with Crippen LogP contribution in [0.4, 0.5) is 5.69 Å². The summed E-state index contributed by atoms with van der Waals surface area (Å²) in [6.07, 6.45) is 3.58. The maximum atomic E-state index is 5.93. The van der Waals surface area contributed by atoms with Crippen LogP contribution in [0, 0.1) is 0 Å². The van der Waals surface area contributed by atoms with Crippen LogP contribution in [0.3, 0.4) is 0 Å². The van der Waals surface area contributed by atoms with Gasteiger partial charge in [0.25, 0.3) is 0 Å². The summed E-state index contributed by atoms with van der Waals surface area (Å²) >= 11 is 0. The van der Waals surface area contributed by atoms with Crippen molar-refractivity contribution in [1.82, 2.24) is 5.32 Å². The number of ether oxygens (including phenoxy) is 1. The number of hydrogen-bond donors (Lipinski definition) is 2. The largest absolute Gasteiger partial charge is 0.492 e. The van der Waals surface area contributed by atoms with Crippen molar-refractivity contribution >= 4 is 5.69 Å². The predicted molar refractivity (Wildman–Crippen MR) is 69.8 cm³/mol. The molecule has 2 aliphatic heterocycles. The van der Waals surface area contributed by atoms with Crippen molar-refractivity contribution in [2.75, 3.05) is 25.0 Å². The third-order valence-corrected chi connectivity index (χ3v) is 3.80. The molecule has 0 aliphatic carbocycles. The summed E-state index contributed by atoms with van der Waals surface area (Å²) in [5.41, 5.74) is 2.81. The van der Waals surface area contributed by atoms with E-state index in [2.05, 4.69) is 35.8 Å². The number of fused-ring (bicyclic) bond motifs is 1. The SMILES string of the molecule is CC1(COc2ccc3c(c2)CCN3)CCCN1. The van der Waals surface area contributed by atoms with Gasteiger partial charge in [-0.1, -0.05) is 0 Å². The normalized spacial score (nSPS) is 26.6. The molecule has 1 saturated heterocycles. The van der Waals surface area contributed by atoms with Crippen molar-refractivity contribution in [3.8, 4) is 5.75 Å². The molecule has 92 valence electrons. The zero-order valence-corrected chi connectivity index (χ0v) is 10.4. The molecule has 2 aliphatic rings. The number of hydrogen-bond acceptors (Lipinski definition) is 3. The van der Waals surface area contributed by atoms with Crippen molar-refractivity contribution in [3.63, 3.8) is 0 Å². The summed E-state index contributed by atoms with van der Waals surface area (Å²) in [6.45, 7) is 5.18. The van der Waals surface area contributed by atoms with Gasteiger partial charge in [-0.25, -0.2) is 0 Å². The lowest BCUT2D eigenvalue weighted by Gasteiger charge is -2.24. The first-order chi connectivity index (χ1) is 8.25. The molecule has 3 rings (SSSR count). The topological polar surface area (TPSA) is 33.3 Å². The van der Waals surface area contributed by atoms with Gasteiger partial charge in [-0.15, -0.1) is 0 Å². The molecular formula is C14H20N2O. The molecule has 1 atom stereocenters. The highest BCUT2D eigenvalue weighted by Crippen LogP contribution is 2.27. The summed E-state index contributed by atoms with van der Waals surface area (Å²) < 4.78 is 5.93. The van der Waals surface area contributed by atoms with E-state index in [1.807, 2.05) is 0 Å². The molecule has 0 bridgehead atoms. The van der Waals surface area contributed by atoms with E-state index in [-0.39, 0.29) is 5.54 Å². The van der Waals surface area contributed by atoms with E-state index in [0.717, 1.165) is 31.9 Å². The van der Waals surface area contributed by atoms with Crippen LogP contribution in [0.15, 0.2) is 18.2 Å². The van der Waals surface area contributed by atoms with Crippen molar-refractivity contribution in [2.24, 2.45) is 0 Å². The van der Waals surface area contributed by atoms with E-state index < -0.39 is 0 Å². The molecule has 0 aromatic heterocycles. The first kappa shape index (κ1) is 10.9. The summed E-state index contributed by atoms with van der Waals surface area (Å²) in [4.78, 5) is 0. The Bertz CT molecular complexity index is 411. The average molecular weight is 232 g/mol. The maximum absolute atomic E-state index is 5.93. The molecule has 3 nitrogen and oxygen atoms in total. The highest BCUT2D eigenvalue weighted by Gasteiger charge is 2.28. The standard InChI is InChI=1S/C14H20N2O/c1-14(6-2-7-16-14)10-17-12-3-4-13-11(9-12)5-8-15-13/h3-4,9,15-16H,2,5-8,10H2,1H3. The van der Waals surface area contributed by atoms with Crippen molar-refractivity contribution < 1.29 is 4.74 Å². The number of anilines is 1. The molecule has 2 N–H and O–H groups in total. The lowest BCUT2D eigenvalue weighted by atomic mass is 10.0. The molecule has 1 fully saturated rings. The van der Waals surface area contributed by atoms with Gasteiger partial charge in [0.15, 0.2) is 0 Å². The second-order valence-electron chi connectivity index (χ2n) is 5.38. The Hall–Kier alpha value is -1.22. The van der Waals surface area contributed by atoms with E-state index in [9.17, 15) is 0 Å². The highest BCUT2D eigenvalue weighted by atomic mass is 16.5. The van der Waals surface area contributed by atoms with Gasteiger partial charge in [-0.05, 0) is 56.5 Å². The van der Waals surface area contributed by atoms with E-state index in [1.165, 1.54) is 24.1 Å². The van der Waals surface area contributed by atoms with Gasteiger partial charge in [0.2, 0.25) is 0 Å². The van der Waals surface area contributed by atoms with Gasteiger partial charge in [-0.3, -0.25) is 0 Å². The Balaban J connectivity index is 1.65. The molecule has 0 radical (unpaired) electrons. The number of nitrogens with one attached hydrogen (secondary N) is 2. The highest BCUT2D eigenvalue weighted by molar-refractivity contribution is 5.57. The minimum absolute atomic E-state index is 0.164. The van der Waals surface area contributed by atoms with E-state index >= 15 is 0 Å². The monoisotopic (exact) mass is 232 g/mol. The minimum atomic E-state index is 0.164. The quantitative estimate of drug-likeness (QED) is 0.838. The summed E-state index contributed by atoms with van der Waals surface area (Å²) in [7, 11) is 0. The Labute approximate surface area is 103 Å². The fourth-order valence-corrected chi connectivity index (χ4v) is 2.69. The fourth-order valence-electron chi connectivity index (χ4n) is 2.69. The van der Waals surface area contributed by atoms with Crippen LogP contribution in [-0.4, -0.2) is 25.2 Å². The molecule has 1 aromatic rings. The smallest absolute Gasteiger partial charge is 0.119 e. The lowest BCUT2D eigenvalue weighted by Crippen LogP contribution is -2.42. The third kappa shape index (κ3) is 2.25. The van der Waals surface area contributed by atoms with Crippen LogP contribution in [0.5, 0.6) is 5.75 Å². The summed E-state index contributed by atoms with van der Waals surface area (Å²) in [5.74, 6) is 1.00. The molecule has 1 aromatic carbocycles. The first-order valence-electron chi connectivity index (χ1n) is 6.50. The Morgan fingerprint density at radius 1 is 1.35 bits per heavy atom.